The van der Waals surface area contributed by atoms with E-state index in [1.807, 2.05) is 13.8 Å². The molecule has 6 nitrogen and oxygen atoms in total. The quantitative estimate of drug-likeness (QED) is 0.227. The molecule has 0 aromatic rings. The molecular weight excluding hydrogens is 298 g/mol. The van der Waals surface area contributed by atoms with Crippen molar-refractivity contribution < 1.29 is 4.84 Å². The average molecular weight is 323 g/mol. The fraction of sp³-hybridized carbons (Fsp3) is 0.400. The first-order valence-electron chi connectivity index (χ1n) is 6.85. The fourth-order valence-corrected chi connectivity index (χ4v) is 1.95. The lowest BCUT2D eigenvalue weighted by molar-refractivity contribution is 0.220. The van der Waals surface area contributed by atoms with Gasteiger partial charge in [-0.1, -0.05) is 6.92 Å². The summed E-state index contributed by atoms with van der Waals surface area (Å²) >= 11 is 4.10. The Labute approximate surface area is 137 Å². The van der Waals surface area contributed by atoms with Crippen LogP contribution < -0.4 is 11.2 Å². The third-order valence-electron chi connectivity index (χ3n) is 3.03. The van der Waals surface area contributed by atoms with Gasteiger partial charge in [0.05, 0.1) is 18.0 Å². The van der Waals surface area contributed by atoms with Crippen molar-refractivity contribution in [3.8, 4) is 0 Å². The van der Waals surface area contributed by atoms with Gasteiger partial charge < -0.3 is 15.6 Å². The number of aliphatic imine (C=N–C) groups is 2. The Morgan fingerprint density at radius 2 is 2.09 bits per heavy atom. The maximum Gasteiger partial charge on any atom is 0.130 e. The number of allylic oxidation sites excluding steroid dienone is 3. The molecule has 0 amide bonds. The number of hydrogen-bond donors (Lipinski definition) is 4. The van der Waals surface area contributed by atoms with Gasteiger partial charge >= 0.3 is 0 Å². The Bertz CT molecular complexity index is 532. The lowest BCUT2D eigenvalue weighted by Crippen LogP contribution is -2.19. The van der Waals surface area contributed by atoms with Gasteiger partial charge in [0.1, 0.15) is 11.6 Å². The van der Waals surface area contributed by atoms with Gasteiger partial charge in [-0.3, -0.25) is 4.99 Å². The Morgan fingerprint density at radius 1 is 1.45 bits per heavy atom. The van der Waals surface area contributed by atoms with Gasteiger partial charge in [-0.25, -0.2) is 4.99 Å². The molecule has 0 unspecified atom stereocenters. The van der Waals surface area contributed by atoms with E-state index >= 15 is 0 Å². The van der Waals surface area contributed by atoms with Crippen molar-refractivity contribution in [2.24, 2.45) is 15.9 Å². The average Bonchev–Trinajstić information content (AvgIpc) is 2.54. The number of nitrogens with two attached hydrogens (primary N) is 1. The molecule has 0 radical (unpaired) electrons. The third kappa shape index (κ3) is 5.87. The minimum absolute atomic E-state index is 0.316. The molecule has 0 spiro atoms. The molecule has 122 valence electrons. The molecule has 0 fully saturated rings. The van der Waals surface area contributed by atoms with Crippen LogP contribution in [-0.2, 0) is 4.84 Å². The standard InChI is InChI=1S/C15H25N5OS/c1-6-13(11(4)21-17)14(16)10(3)15(18-5)20-8-12(9-22)19-7-2/h7,9,16,20,22H,5-6,8,17H2,1-4H3/b12-9-,13-11+,15-10+,16-14?,19-7+. The fourth-order valence-electron chi connectivity index (χ4n) is 1.79. The minimum atomic E-state index is 0.316. The second-order valence-corrected chi connectivity index (χ2v) is 4.63. The predicted molar refractivity (Wildman–Crippen MR) is 97.5 cm³/mol. The second-order valence-electron chi connectivity index (χ2n) is 4.37. The summed E-state index contributed by atoms with van der Waals surface area (Å²) in [6, 6.07) is 0. The van der Waals surface area contributed by atoms with E-state index in [1.54, 1.807) is 25.5 Å². The van der Waals surface area contributed by atoms with Gasteiger partial charge in [0.25, 0.3) is 0 Å². The lowest BCUT2D eigenvalue weighted by atomic mass is 10.0. The molecule has 0 saturated heterocycles. The van der Waals surface area contributed by atoms with Gasteiger partial charge in [-0.15, -0.1) is 12.6 Å². The maximum atomic E-state index is 8.29. The first kappa shape index (κ1) is 20.1. The lowest BCUT2D eigenvalue weighted by Gasteiger charge is -2.14. The molecule has 0 atom stereocenters. The highest BCUT2D eigenvalue weighted by molar-refractivity contribution is 7.83. The molecular formula is C15H25N5OS. The predicted octanol–water partition coefficient (Wildman–Crippen LogP) is 2.96. The Kier molecular flexibility index (Phi) is 9.89. The van der Waals surface area contributed by atoms with Crippen LogP contribution >= 0.6 is 12.6 Å². The van der Waals surface area contributed by atoms with E-state index in [-0.39, 0.29) is 0 Å². The van der Waals surface area contributed by atoms with E-state index in [0.717, 1.165) is 11.3 Å². The van der Waals surface area contributed by atoms with E-state index in [4.69, 9.17) is 16.1 Å². The van der Waals surface area contributed by atoms with E-state index in [2.05, 4.69) is 34.6 Å². The van der Waals surface area contributed by atoms with Gasteiger partial charge in [0, 0.05) is 17.4 Å². The summed E-state index contributed by atoms with van der Waals surface area (Å²) < 4.78 is 0. The number of hydrogen-bond acceptors (Lipinski definition) is 7. The van der Waals surface area contributed by atoms with E-state index in [1.165, 1.54) is 0 Å². The molecule has 0 aliphatic rings. The summed E-state index contributed by atoms with van der Waals surface area (Å²) in [6.45, 7) is 11.3. The van der Waals surface area contributed by atoms with Crippen molar-refractivity contribution in [1.29, 1.82) is 5.41 Å². The van der Waals surface area contributed by atoms with Crippen LogP contribution in [0, 0.1) is 5.41 Å². The minimum Gasteiger partial charge on any atom is -0.416 e. The molecule has 0 saturated carbocycles. The molecule has 4 N–H and O–H groups in total. The molecule has 0 aromatic heterocycles. The maximum absolute atomic E-state index is 8.29. The van der Waals surface area contributed by atoms with Crippen LogP contribution in [0.2, 0.25) is 0 Å². The molecule has 0 aliphatic heterocycles. The number of nitrogens with zero attached hydrogens (tertiary/aromatic N) is 2. The number of thiol groups is 1. The summed E-state index contributed by atoms with van der Waals surface area (Å²) in [6.07, 6.45) is 2.31. The van der Waals surface area contributed by atoms with Crippen LogP contribution in [0.15, 0.2) is 43.8 Å². The van der Waals surface area contributed by atoms with Gasteiger partial charge in [-0.05, 0) is 39.3 Å². The topological polar surface area (TPSA) is 95.8 Å². The highest BCUT2D eigenvalue weighted by atomic mass is 32.1. The number of rotatable bonds is 9. The highest BCUT2D eigenvalue weighted by Crippen LogP contribution is 2.17. The molecule has 22 heavy (non-hydrogen) atoms. The molecule has 0 bridgehead atoms. The summed E-state index contributed by atoms with van der Waals surface area (Å²) in [4.78, 5) is 12.9. The van der Waals surface area contributed by atoms with Crippen molar-refractivity contribution in [2.75, 3.05) is 6.54 Å². The summed E-state index contributed by atoms with van der Waals surface area (Å²) in [5, 5.41) is 13.0. The Hall–Kier alpha value is -1.86. The first-order chi connectivity index (χ1) is 10.5. The van der Waals surface area contributed by atoms with Crippen molar-refractivity contribution in [2.45, 2.75) is 34.1 Å². The smallest absolute Gasteiger partial charge is 0.130 e. The van der Waals surface area contributed by atoms with Crippen molar-refractivity contribution >= 4 is 31.3 Å². The van der Waals surface area contributed by atoms with Gasteiger partial charge in [-0.2, -0.15) is 5.90 Å². The van der Waals surface area contributed by atoms with Crippen LogP contribution in [0.25, 0.3) is 0 Å². The Balaban J connectivity index is 5.37. The zero-order valence-electron chi connectivity index (χ0n) is 13.6. The molecule has 0 heterocycles. The van der Waals surface area contributed by atoms with E-state index < -0.39 is 0 Å². The van der Waals surface area contributed by atoms with Gasteiger partial charge in [0.15, 0.2) is 0 Å². The highest BCUT2D eigenvalue weighted by Gasteiger charge is 2.14. The molecule has 7 heteroatoms. The summed E-state index contributed by atoms with van der Waals surface area (Å²) in [5.41, 5.74) is 2.44. The molecule has 0 aliphatic carbocycles. The molecule has 0 aromatic carbocycles. The normalized spacial score (nSPS) is 14.4. The molecule has 0 rings (SSSR count). The van der Waals surface area contributed by atoms with Crippen molar-refractivity contribution in [3.63, 3.8) is 0 Å². The number of nitrogens with one attached hydrogen (secondary N) is 2. The largest absolute Gasteiger partial charge is 0.416 e. The SMILES string of the molecule is C=N/C(NCC(=C/S)/N=C/C)=C(/C)C(=N)/C(CC)=C(\C)ON. The van der Waals surface area contributed by atoms with Crippen LogP contribution in [0.1, 0.15) is 34.1 Å². The third-order valence-corrected chi connectivity index (χ3v) is 3.32. The second kappa shape index (κ2) is 10.8. The van der Waals surface area contributed by atoms with Crippen molar-refractivity contribution in [3.05, 3.63) is 33.8 Å². The van der Waals surface area contributed by atoms with Crippen LogP contribution in [-0.4, -0.2) is 25.2 Å². The zero-order chi connectivity index (χ0) is 17.1. The zero-order valence-corrected chi connectivity index (χ0v) is 14.5. The van der Waals surface area contributed by atoms with Crippen molar-refractivity contribution in [1.82, 2.24) is 5.32 Å². The summed E-state index contributed by atoms with van der Waals surface area (Å²) in [7, 11) is 0. The van der Waals surface area contributed by atoms with Crippen LogP contribution in [0.4, 0.5) is 0 Å². The van der Waals surface area contributed by atoms with Crippen LogP contribution in [0.5, 0.6) is 0 Å². The monoisotopic (exact) mass is 323 g/mol. The summed E-state index contributed by atoms with van der Waals surface area (Å²) in [5.74, 6) is 6.22. The van der Waals surface area contributed by atoms with Crippen LogP contribution in [0.3, 0.4) is 0 Å². The first-order valence-corrected chi connectivity index (χ1v) is 7.37. The van der Waals surface area contributed by atoms with E-state index in [9.17, 15) is 0 Å². The Morgan fingerprint density at radius 3 is 2.50 bits per heavy atom. The van der Waals surface area contributed by atoms with Gasteiger partial charge in [0.2, 0.25) is 0 Å². The van der Waals surface area contributed by atoms with E-state index in [0.29, 0.717) is 35.8 Å².